The van der Waals surface area contributed by atoms with Crippen LogP contribution in [0.1, 0.15) is 34.1 Å². The number of nitrogens with zero attached hydrogens (tertiary/aromatic N) is 1. The number of methoxy groups -OCH3 is 1. The Labute approximate surface area is 164 Å². The zero-order valence-corrected chi connectivity index (χ0v) is 16.6. The average Bonchev–Trinajstić information content (AvgIpc) is 2.68. The smallest absolute Gasteiger partial charge is 0.342 e. The predicted octanol–water partition coefficient (Wildman–Crippen LogP) is 1.30. The number of nitrogen functional groups attached to an aromatic ring is 1. The van der Waals surface area contributed by atoms with Crippen molar-refractivity contribution in [1.82, 2.24) is 9.55 Å². The minimum Gasteiger partial charge on any atom is -0.496 e. The van der Waals surface area contributed by atoms with Crippen molar-refractivity contribution in [2.75, 3.05) is 25.7 Å². The topological polar surface area (TPSA) is 133 Å². The minimum atomic E-state index is -0.919. The lowest BCUT2D eigenvalue weighted by Crippen LogP contribution is -2.37. The molecule has 0 radical (unpaired) electrons. The molecule has 150 valence electrons. The number of Topliss-reactive ketones (excluding diaryl/α,β-unsaturated/α-hetero) is 1. The molecule has 0 fully saturated rings. The van der Waals surface area contributed by atoms with Gasteiger partial charge >= 0.3 is 11.7 Å². The highest BCUT2D eigenvalue weighted by atomic mass is 32.2. The number of anilines is 1. The van der Waals surface area contributed by atoms with Gasteiger partial charge in [-0.15, -0.1) is 11.8 Å². The van der Waals surface area contributed by atoms with Crippen molar-refractivity contribution in [3.05, 3.63) is 50.2 Å². The van der Waals surface area contributed by atoms with Crippen LogP contribution in [0.15, 0.2) is 32.7 Å². The number of thioether (sulfide) groups is 1. The van der Waals surface area contributed by atoms with E-state index in [2.05, 4.69) is 4.98 Å². The molecule has 2 rings (SSSR count). The normalized spacial score (nSPS) is 10.5. The lowest BCUT2D eigenvalue weighted by molar-refractivity contribution is 0.0471. The van der Waals surface area contributed by atoms with Gasteiger partial charge in [0, 0.05) is 11.4 Å². The Bertz CT molecular complexity index is 1010. The van der Waals surface area contributed by atoms with E-state index in [0.717, 1.165) is 9.46 Å². The number of hydrogen-bond acceptors (Lipinski definition) is 8. The predicted molar refractivity (Wildman–Crippen MR) is 105 cm³/mol. The van der Waals surface area contributed by atoms with Crippen molar-refractivity contribution in [2.24, 2.45) is 0 Å². The van der Waals surface area contributed by atoms with Gasteiger partial charge < -0.3 is 15.2 Å². The van der Waals surface area contributed by atoms with Gasteiger partial charge in [-0.05, 0) is 30.9 Å². The summed E-state index contributed by atoms with van der Waals surface area (Å²) in [5.74, 6) is -1.54. The van der Waals surface area contributed by atoms with Crippen LogP contribution in [0.2, 0.25) is 0 Å². The summed E-state index contributed by atoms with van der Waals surface area (Å²) in [5.41, 5.74) is 3.94. The van der Waals surface area contributed by atoms with Crippen molar-refractivity contribution in [2.45, 2.75) is 24.8 Å². The molecule has 28 heavy (non-hydrogen) atoms. The van der Waals surface area contributed by atoms with E-state index in [1.165, 1.54) is 24.9 Å². The number of carbonyl (C=O) groups excluding carboxylic acids is 2. The number of hydrogen-bond donors (Lipinski definition) is 2. The van der Waals surface area contributed by atoms with Gasteiger partial charge in [0.25, 0.3) is 5.56 Å². The Morgan fingerprint density at radius 2 is 2.00 bits per heavy atom. The van der Waals surface area contributed by atoms with Gasteiger partial charge in [0.2, 0.25) is 5.78 Å². The Hall–Kier alpha value is -3.01. The number of ether oxygens (including phenoxy) is 2. The Morgan fingerprint density at radius 1 is 1.29 bits per heavy atom. The molecular formula is C18H21N3O6S. The summed E-state index contributed by atoms with van der Waals surface area (Å²) in [6, 6.07) is 4.92. The summed E-state index contributed by atoms with van der Waals surface area (Å²) in [4.78, 5) is 51.5. The second-order valence-corrected chi connectivity index (χ2v) is 6.62. The maximum atomic E-state index is 12.4. The van der Waals surface area contributed by atoms with Gasteiger partial charge in [-0.1, -0.05) is 6.92 Å². The summed E-state index contributed by atoms with van der Waals surface area (Å²) in [6.45, 7) is 1.35. The summed E-state index contributed by atoms with van der Waals surface area (Å²) in [6.07, 6.45) is 2.45. The van der Waals surface area contributed by atoms with Crippen molar-refractivity contribution in [3.63, 3.8) is 0 Å². The molecule has 9 nitrogen and oxygen atoms in total. The van der Waals surface area contributed by atoms with Crippen LogP contribution < -0.4 is 21.7 Å². The van der Waals surface area contributed by atoms with Gasteiger partial charge in [0.05, 0.1) is 7.11 Å². The number of ketones is 1. The fourth-order valence-electron chi connectivity index (χ4n) is 2.55. The molecule has 1 aromatic carbocycles. The van der Waals surface area contributed by atoms with Crippen LogP contribution in [0.5, 0.6) is 5.75 Å². The SMILES string of the molecule is CCCn1c(N)c(C(=O)COC(=O)c2ccc(SC)cc2OC)c(=O)[nH]c1=O. The van der Waals surface area contributed by atoms with Crippen LogP contribution in [0, 0.1) is 0 Å². The van der Waals surface area contributed by atoms with Crippen LogP contribution in [-0.4, -0.2) is 41.3 Å². The van der Waals surface area contributed by atoms with E-state index in [1.807, 2.05) is 13.2 Å². The van der Waals surface area contributed by atoms with E-state index < -0.39 is 35.2 Å². The van der Waals surface area contributed by atoms with E-state index in [0.29, 0.717) is 12.2 Å². The summed E-state index contributed by atoms with van der Waals surface area (Å²) < 4.78 is 11.3. The molecule has 0 aliphatic heterocycles. The lowest BCUT2D eigenvalue weighted by Gasteiger charge is -2.12. The minimum absolute atomic E-state index is 0.144. The van der Waals surface area contributed by atoms with Gasteiger partial charge in [-0.2, -0.15) is 0 Å². The Balaban J connectivity index is 2.23. The monoisotopic (exact) mass is 407 g/mol. The molecule has 1 heterocycles. The molecule has 10 heteroatoms. The largest absolute Gasteiger partial charge is 0.496 e. The number of nitrogens with one attached hydrogen (secondary N) is 1. The molecule has 0 bridgehead atoms. The van der Waals surface area contributed by atoms with Gasteiger partial charge in [-0.25, -0.2) is 9.59 Å². The highest BCUT2D eigenvalue weighted by Gasteiger charge is 2.22. The quantitative estimate of drug-likeness (QED) is 0.380. The highest BCUT2D eigenvalue weighted by Crippen LogP contribution is 2.26. The molecule has 0 unspecified atom stereocenters. The molecule has 1 aromatic heterocycles. The molecule has 2 aromatic rings. The third kappa shape index (κ3) is 4.45. The molecule has 0 aliphatic carbocycles. The maximum absolute atomic E-state index is 12.4. The fraction of sp³-hybridized carbons (Fsp3) is 0.333. The van der Waals surface area contributed by atoms with E-state index in [9.17, 15) is 19.2 Å². The summed E-state index contributed by atoms with van der Waals surface area (Å²) in [5, 5.41) is 0. The van der Waals surface area contributed by atoms with Crippen molar-refractivity contribution in [1.29, 1.82) is 0 Å². The summed E-state index contributed by atoms with van der Waals surface area (Å²) in [7, 11) is 1.42. The number of H-pyrrole nitrogens is 1. The first kappa shape index (κ1) is 21.3. The first-order valence-electron chi connectivity index (χ1n) is 8.38. The van der Waals surface area contributed by atoms with Gasteiger partial charge in [0.1, 0.15) is 22.7 Å². The number of nitrogens with two attached hydrogens (primary N) is 1. The zero-order chi connectivity index (χ0) is 20.8. The fourth-order valence-corrected chi connectivity index (χ4v) is 2.98. The molecule has 0 saturated carbocycles. The zero-order valence-electron chi connectivity index (χ0n) is 15.7. The number of carbonyl (C=O) groups is 2. The van der Waals surface area contributed by atoms with Gasteiger partial charge in [0.15, 0.2) is 6.61 Å². The lowest BCUT2D eigenvalue weighted by atomic mass is 10.2. The number of benzene rings is 1. The number of esters is 1. The van der Waals surface area contributed by atoms with Crippen molar-refractivity contribution >= 4 is 29.3 Å². The highest BCUT2D eigenvalue weighted by molar-refractivity contribution is 7.98. The van der Waals surface area contributed by atoms with Gasteiger partial charge in [-0.3, -0.25) is 19.1 Å². The third-order valence-corrected chi connectivity index (χ3v) is 4.65. The standard InChI is InChI=1S/C18H21N3O6S/c1-4-7-21-15(19)14(16(23)20-18(21)25)12(22)9-27-17(24)11-6-5-10(28-3)8-13(11)26-2/h5-6,8H,4,7,9,19H2,1-3H3,(H,20,23,25). The van der Waals surface area contributed by atoms with E-state index in [-0.39, 0.29) is 17.9 Å². The number of aromatic nitrogens is 2. The van der Waals surface area contributed by atoms with Crippen LogP contribution >= 0.6 is 11.8 Å². The van der Waals surface area contributed by atoms with E-state index in [1.54, 1.807) is 12.1 Å². The first-order chi connectivity index (χ1) is 13.3. The third-order valence-electron chi connectivity index (χ3n) is 3.93. The summed E-state index contributed by atoms with van der Waals surface area (Å²) >= 11 is 1.48. The Morgan fingerprint density at radius 3 is 2.61 bits per heavy atom. The number of aromatic amines is 1. The van der Waals surface area contributed by atoms with Crippen molar-refractivity contribution in [3.8, 4) is 5.75 Å². The van der Waals surface area contributed by atoms with Crippen LogP contribution in [-0.2, 0) is 11.3 Å². The molecule has 3 N–H and O–H groups in total. The molecule has 0 spiro atoms. The van der Waals surface area contributed by atoms with E-state index in [4.69, 9.17) is 15.2 Å². The second kappa shape index (κ2) is 9.27. The van der Waals surface area contributed by atoms with Crippen LogP contribution in [0.25, 0.3) is 0 Å². The van der Waals surface area contributed by atoms with E-state index >= 15 is 0 Å². The number of rotatable bonds is 8. The van der Waals surface area contributed by atoms with Crippen LogP contribution in [0.3, 0.4) is 0 Å². The Kier molecular flexibility index (Phi) is 7.05. The maximum Gasteiger partial charge on any atom is 0.342 e. The molecule has 0 aliphatic rings. The first-order valence-corrected chi connectivity index (χ1v) is 9.61. The molecular weight excluding hydrogens is 386 g/mol. The molecule has 0 saturated heterocycles. The molecule has 0 amide bonds. The van der Waals surface area contributed by atoms with Crippen LogP contribution in [0.4, 0.5) is 5.82 Å². The molecule has 0 atom stereocenters. The van der Waals surface area contributed by atoms with Crippen molar-refractivity contribution < 1.29 is 19.1 Å². The second-order valence-electron chi connectivity index (χ2n) is 5.74. The average molecular weight is 407 g/mol.